The van der Waals surface area contributed by atoms with Crippen molar-refractivity contribution >= 4 is 12.2 Å². The number of hydrogen-bond donors (Lipinski definition) is 1. The van der Waals surface area contributed by atoms with E-state index in [1.807, 2.05) is 25.1 Å². The minimum absolute atomic E-state index is 0.228. The topological polar surface area (TPSA) is 42.8 Å². The molecular weight excluding hydrogens is 234 g/mol. The SMILES string of the molecule is Cc1n[nH]c(=S)n1C1CCOc2ccccc21. The molecule has 5 heteroatoms. The zero-order valence-corrected chi connectivity index (χ0v) is 10.3. The average Bonchev–Trinajstić information content (AvgIpc) is 2.69. The molecule has 0 spiro atoms. The van der Waals surface area contributed by atoms with Crippen molar-refractivity contribution in [1.82, 2.24) is 14.8 Å². The summed E-state index contributed by atoms with van der Waals surface area (Å²) in [5.74, 6) is 1.86. The minimum atomic E-state index is 0.228. The maximum absolute atomic E-state index is 5.65. The monoisotopic (exact) mass is 247 g/mol. The Hall–Kier alpha value is -1.62. The molecule has 2 aromatic rings. The predicted octanol–water partition coefficient (Wildman–Crippen LogP) is 2.62. The fourth-order valence-electron chi connectivity index (χ4n) is 2.34. The number of aryl methyl sites for hydroxylation is 1. The Morgan fingerprint density at radius 2 is 2.29 bits per heavy atom. The van der Waals surface area contributed by atoms with Gasteiger partial charge < -0.3 is 4.74 Å². The molecule has 0 saturated heterocycles. The van der Waals surface area contributed by atoms with Crippen LogP contribution in [-0.4, -0.2) is 21.4 Å². The Balaban J connectivity index is 2.15. The highest BCUT2D eigenvalue weighted by molar-refractivity contribution is 7.71. The lowest BCUT2D eigenvalue weighted by molar-refractivity contribution is 0.254. The first-order valence-electron chi connectivity index (χ1n) is 5.62. The second-order valence-corrected chi connectivity index (χ2v) is 4.52. The molecule has 1 aromatic heterocycles. The Kier molecular flexibility index (Phi) is 2.48. The van der Waals surface area contributed by atoms with Gasteiger partial charge in [-0.3, -0.25) is 9.67 Å². The Bertz CT molecular complexity index is 602. The second kappa shape index (κ2) is 4.00. The molecule has 1 aliphatic rings. The number of aromatic nitrogens is 3. The quantitative estimate of drug-likeness (QED) is 0.788. The predicted molar refractivity (Wildman–Crippen MR) is 66.8 cm³/mol. The largest absolute Gasteiger partial charge is 0.493 e. The van der Waals surface area contributed by atoms with Crippen LogP contribution in [0.2, 0.25) is 0 Å². The molecule has 0 radical (unpaired) electrons. The summed E-state index contributed by atoms with van der Waals surface area (Å²) in [5.41, 5.74) is 1.18. The number of rotatable bonds is 1. The fourth-order valence-corrected chi connectivity index (χ4v) is 2.65. The summed E-state index contributed by atoms with van der Waals surface area (Å²) < 4.78 is 8.39. The van der Waals surface area contributed by atoms with E-state index in [4.69, 9.17) is 17.0 Å². The van der Waals surface area contributed by atoms with E-state index in [1.54, 1.807) is 0 Å². The molecule has 2 heterocycles. The van der Waals surface area contributed by atoms with E-state index < -0.39 is 0 Å². The third-order valence-corrected chi connectivity index (χ3v) is 3.41. The number of aromatic amines is 1. The smallest absolute Gasteiger partial charge is 0.195 e. The number of para-hydroxylation sites is 1. The molecule has 88 valence electrons. The van der Waals surface area contributed by atoms with Crippen molar-refractivity contribution < 1.29 is 4.74 Å². The summed E-state index contributed by atoms with van der Waals surface area (Å²) in [5, 5.41) is 7.01. The normalized spacial score (nSPS) is 18.5. The van der Waals surface area contributed by atoms with E-state index in [0.717, 1.165) is 18.0 Å². The van der Waals surface area contributed by atoms with E-state index in [-0.39, 0.29) is 6.04 Å². The maximum atomic E-state index is 5.65. The van der Waals surface area contributed by atoms with Crippen LogP contribution in [0.5, 0.6) is 5.75 Å². The number of ether oxygens (including phenoxy) is 1. The Morgan fingerprint density at radius 3 is 3.06 bits per heavy atom. The van der Waals surface area contributed by atoms with E-state index in [0.29, 0.717) is 11.4 Å². The van der Waals surface area contributed by atoms with E-state index >= 15 is 0 Å². The lowest BCUT2D eigenvalue weighted by atomic mass is 10.0. The van der Waals surface area contributed by atoms with Gasteiger partial charge in [-0.1, -0.05) is 18.2 Å². The zero-order chi connectivity index (χ0) is 11.8. The number of benzene rings is 1. The van der Waals surface area contributed by atoms with Gasteiger partial charge >= 0.3 is 0 Å². The molecule has 0 aliphatic carbocycles. The van der Waals surface area contributed by atoms with Crippen molar-refractivity contribution in [1.29, 1.82) is 0 Å². The number of H-pyrrole nitrogens is 1. The standard InChI is InChI=1S/C12H13N3OS/c1-8-13-14-12(17)15(8)10-6-7-16-11-5-3-2-4-9(10)11/h2-5,10H,6-7H2,1H3,(H,14,17). The maximum Gasteiger partial charge on any atom is 0.195 e. The van der Waals surface area contributed by atoms with Crippen LogP contribution in [0, 0.1) is 11.7 Å². The van der Waals surface area contributed by atoms with Crippen molar-refractivity contribution in [2.45, 2.75) is 19.4 Å². The van der Waals surface area contributed by atoms with Gasteiger partial charge in [0.1, 0.15) is 11.6 Å². The first-order chi connectivity index (χ1) is 8.27. The molecule has 1 N–H and O–H groups in total. The molecule has 0 amide bonds. The van der Waals surface area contributed by atoms with Gasteiger partial charge in [0.15, 0.2) is 4.77 Å². The van der Waals surface area contributed by atoms with Gasteiger partial charge in [0.2, 0.25) is 0 Å². The Morgan fingerprint density at radius 1 is 1.47 bits per heavy atom. The van der Waals surface area contributed by atoms with Crippen LogP contribution in [0.3, 0.4) is 0 Å². The summed E-state index contributed by atoms with van der Waals surface area (Å²) >= 11 is 5.29. The molecule has 0 fully saturated rings. The number of nitrogens with one attached hydrogen (secondary N) is 1. The molecule has 1 aromatic carbocycles. The van der Waals surface area contributed by atoms with Crippen LogP contribution < -0.4 is 4.74 Å². The first kappa shape index (κ1) is 10.5. The highest BCUT2D eigenvalue weighted by Crippen LogP contribution is 2.34. The molecular formula is C12H13N3OS. The average molecular weight is 247 g/mol. The van der Waals surface area contributed by atoms with Gasteiger partial charge in [0.25, 0.3) is 0 Å². The van der Waals surface area contributed by atoms with Crippen LogP contribution in [0.4, 0.5) is 0 Å². The highest BCUT2D eigenvalue weighted by atomic mass is 32.1. The van der Waals surface area contributed by atoms with Crippen molar-refractivity contribution in [3.05, 3.63) is 40.4 Å². The van der Waals surface area contributed by atoms with Crippen molar-refractivity contribution in [2.24, 2.45) is 0 Å². The highest BCUT2D eigenvalue weighted by Gasteiger charge is 2.24. The van der Waals surface area contributed by atoms with Crippen molar-refractivity contribution in [2.75, 3.05) is 6.61 Å². The van der Waals surface area contributed by atoms with Crippen molar-refractivity contribution in [3.63, 3.8) is 0 Å². The second-order valence-electron chi connectivity index (χ2n) is 4.14. The molecule has 1 aliphatic heterocycles. The van der Waals surface area contributed by atoms with Crippen LogP contribution in [-0.2, 0) is 0 Å². The van der Waals surface area contributed by atoms with E-state index in [1.165, 1.54) is 5.56 Å². The Labute approximate surface area is 104 Å². The minimum Gasteiger partial charge on any atom is -0.493 e. The molecule has 1 atom stereocenters. The van der Waals surface area contributed by atoms with E-state index in [9.17, 15) is 0 Å². The molecule has 3 rings (SSSR count). The molecule has 0 bridgehead atoms. The molecule has 4 nitrogen and oxygen atoms in total. The third kappa shape index (κ3) is 1.67. The van der Waals surface area contributed by atoms with Gasteiger partial charge in [-0.05, 0) is 25.2 Å². The van der Waals surface area contributed by atoms with Gasteiger partial charge in [0.05, 0.1) is 12.6 Å². The van der Waals surface area contributed by atoms with Crippen LogP contribution in [0.15, 0.2) is 24.3 Å². The summed E-state index contributed by atoms with van der Waals surface area (Å²) in [6.45, 7) is 2.68. The van der Waals surface area contributed by atoms with Gasteiger partial charge in [0, 0.05) is 12.0 Å². The molecule has 1 unspecified atom stereocenters. The number of fused-ring (bicyclic) bond motifs is 1. The third-order valence-electron chi connectivity index (χ3n) is 3.12. The number of hydrogen-bond acceptors (Lipinski definition) is 3. The summed E-state index contributed by atoms with van der Waals surface area (Å²) in [6, 6.07) is 8.34. The molecule has 0 saturated carbocycles. The summed E-state index contributed by atoms with van der Waals surface area (Å²) in [7, 11) is 0. The van der Waals surface area contributed by atoms with Gasteiger partial charge in [-0.15, -0.1) is 0 Å². The number of nitrogens with zero attached hydrogens (tertiary/aromatic N) is 2. The van der Waals surface area contributed by atoms with Crippen LogP contribution in [0.25, 0.3) is 0 Å². The lowest BCUT2D eigenvalue weighted by Gasteiger charge is -2.27. The van der Waals surface area contributed by atoms with Crippen molar-refractivity contribution in [3.8, 4) is 5.75 Å². The summed E-state index contributed by atoms with van der Waals surface area (Å²) in [6.07, 6.45) is 0.922. The van der Waals surface area contributed by atoms with Crippen LogP contribution in [0.1, 0.15) is 23.9 Å². The lowest BCUT2D eigenvalue weighted by Crippen LogP contribution is -2.21. The molecule has 17 heavy (non-hydrogen) atoms. The fraction of sp³-hybridized carbons (Fsp3) is 0.333. The zero-order valence-electron chi connectivity index (χ0n) is 9.51. The van der Waals surface area contributed by atoms with Crippen LogP contribution >= 0.6 is 12.2 Å². The summed E-state index contributed by atoms with van der Waals surface area (Å²) in [4.78, 5) is 0. The van der Waals surface area contributed by atoms with E-state index in [2.05, 4.69) is 20.8 Å². The van der Waals surface area contributed by atoms with Gasteiger partial charge in [-0.25, -0.2) is 0 Å². The first-order valence-corrected chi connectivity index (χ1v) is 6.03. The van der Waals surface area contributed by atoms with Gasteiger partial charge in [-0.2, -0.15) is 5.10 Å².